The minimum absolute atomic E-state index is 0.0956. The van der Waals surface area contributed by atoms with Gasteiger partial charge in [-0.3, -0.25) is 4.79 Å². The lowest BCUT2D eigenvalue weighted by molar-refractivity contribution is 0.0734. The normalized spacial score (nSPS) is 20.8. The van der Waals surface area contributed by atoms with Crippen molar-refractivity contribution < 1.29 is 4.79 Å². The maximum Gasteiger partial charge on any atom is 0.267 e. The average Bonchev–Trinajstić information content (AvgIpc) is 2.97. The Bertz CT molecular complexity index is 435. The predicted octanol–water partition coefficient (Wildman–Crippen LogP) is 3.11. The fourth-order valence-electron chi connectivity index (χ4n) is 2.62. The fourth-order valence-corrected chi connectivity index (χ4v) is 3.50. The zero-order chi connectivity index (χ0) is 13.8. The van der Waals surface area contributed by atoms with Gasteiger partial charge < -0.3 is 4.90 Å². The van der Waals surface area contributed by atoms with E-state index in [4.69, 9.17) is 11.6 Å². The minimum Gasteiger partial charge on any atom is -0.335 e. The number of carbonyl (C=O) groups is 1. The molecule has 4 nitrogen and oxygen atoms in total. The molecule has 1 aliphatic heterocycles. The zero-order valence-electron chi connectivity index (χ0n) is 11.4. The van der Waals surface area contributed by atoms with Gasteiger partial charge in [-0.1, -0.05) is 17.8 Å². The second-order valence-corrected chi connectivity index (χ2v) is 6.61. The monoisotopic (exact) mass is 301 g/mol. The molecule has 0 saturated carbocycles. The van der Waals surface area contributed by atoms with Crippen molar-refractivity contribution in [2.75, 3.05) is 6.54 Å². The molecule has 19 heavy (non-hydrogen) atoms. The van der Waals surface area contributed by atoms with Crippen LogP contribution in [0.4, 0.5) is 0 Å². The van der Waals surface area contributed by atoms with E-state index < -0.39 is 0 Å². The third-order valence-corrected chi connectivity index (χ3v) is 4.41. The Balaban J connectivity index is 2.11. The molecule has 1 aliphatic rings. The van der Waals surface area contributed by atoms with Crippen molar-refractivity contribution in [1.82, 2.24) is 14.5 Å². The first kappa shape index (κ1) is 14.7. The molecule has 0 bridgehead atoms. The van der Waals surface area contributed by atoms with Crippen molar-refractivity contribution in [3.63, 3.8) is 0 Å². The van der Waals surface area contributed by atoms with Crippen LogP contribution in [-0.4, -0.2) is 38.4 Å². The molecule has 2 atom stereocenters. The highest BCUT2D eigenvalue weighted by atomic mass is 35.5. The third-order valence-electron chi connectivity index (χ3n) is 3.47. The molecule has 2 heterocycles. The summed E-state index contributed by atoms with van der Waals surface area (Å²) in [6.07, 6.45) is 4.78. The quantitative estimate of drug-likeness (QED) is 0.785. The maximum absolute atomic E-state index is 12.6. The molecule has 0 aromatic carbocycles. The summed E-state index contributed by atoms with van der Waals surface area (Å²) >= 11 is 7.29. The Labute approximate surface area is 123 Å². The van der Waals surface area contributed by atoms with Gasteiger partial charge in [0, 0.05) is 18.0 Å². The Morgan fingerprint density at radius 1 is 1.63 bits per heavy atom. The number of aromatic nitrogens is 2. The second kappa shape index (κ2) is 6.66. The molecule has 2 unspecified atom stereocenters. The summed E-state index contributed by atoms with van der Waals surface area (Å²) in [5, 5.41) is 4.18. The van der Waals surface area contributed by atoms with Crippen LogP contribution in [-0.2, 0) is 6.42 Å². The van der Waals surface area contributed by atoms with Crippen molar-refractivity contribution >= 4 is 29.0 Å². The summed E-state index contributed by atoms with van der Waals surface area (Å²) in [6, 6.07) is 0.275. The van der Waals surface area contributed by atoms with E-state index in [0.717, 1.165) is 49.2 Å². The Kier molecular flexibility index (Phi) is 5.16. The van der Waals surface area contributed by atoms with E-state index in [1.54, 1.807) is 0 Å². The zero-order valence-corrected chi connectivity index (χ0v) is 13.0. The molecule has 1 aromatic heterocycles. The summed E-state index contributed by atoms with van der Waals surface area (Å²) in [5.74, 6) is 0.0956. The summed E-state index contributed by atoms with van der Waals surface area (Å²) in [5.41, 5.74) is 0.849. The number of aryl methyl sites for hydroxylation is 1. The first-order valence-electron chi connectivity index (χ1n) is 6.89. The number of halogens is 1. The summed E-state index contributed by atoms with van der Waals surface area (Å²) in [6.45, 7) is 4.90. The molecule has 2 rings (SSSR count). The SMILES string of the molecule is CCCc1nnsc1C(=O)N1CCCC1CC(C)Cl. The molecule has 1 amide bonds. The molecular weight excluding hydrogens is 282 g/mol. The van der Waals surface area contributed by atoms with Gasteiger partial charge in [0.05, 0.1) is 5.69 Å². The van der Waals surface area contributed by atoms with E-state index in [2.05, 4.69) is 16.5 Å². The summed E-state index contributed by atoms with van der Waals surface area (Å²) < 4.78 is 3.94. The lowest BCUT2D eigenvalue weighted by Crippen LogP contribution is -2.36. The Morgan fingerprint density at radius 2 is 2.42 bits per heavy atom. The molecule has 1 aromatic rings. The van der Waals surface area contributed by atoms with Gasteiger partial charge in [-0.25, -0.2) is 0 Å². The predicted molar refractivity (Wildman–Crippen MR) is 77.9 cm³/mol. The standard InChI is InChI=1S/C13H20ClN3OS/c1-3-5-11-12(19-16-15-11)13(18)17-7-4-6-10(17)8-9(2)14/h9-10H,3-8H2,1-2H3. The number of alkyl halides is 1. The van der Waals surface area contributed by atoms with Crippen molar-refractivity contribution in [3.8, 4) is 0 Å². The highest BCUT2D eigenvalue weighted by Gasteiger charge is 2.32. The number of hydrogen-bond acceptors (Lipinski definition) is 4. The van der Waals surface area contributed by atoms with E-state index in [1.165, 1.54) is 11.5 Å². The number of hydrogen-bond donors (Lipinski definition) is 0. The van der Waals surface area contributed by atoms with Gasteiger partial charge in [0.15, 0.2) is 0 Å². The first-order chi connectivity index (χ1) is 9.13. The molecule has 0 radical (unpaired) electrons. The number of rotatable bonds is 5. The van der Waals surface area contributed by atoms with Crippen LogP contribution in [0.3, 0.4) is 0 Å². The Morgan fingerprint density at radius 3 is 3.11 bits per heavy atom. The minimum atomic E-state index is 0.0956. The molecule has 106 valence electrons. The van der Waals surface area contributed by atoms with E-state index >= 15 is 0 Å². The van der Waals surface area contributed by atoms with Gasteiger partial charge >= 0.3 is 0 Å². The van der Waals surface area contributed by atoms with Crippen LogP contribution in [0, 0.1) is 0 Å². The van der Waals surface area contributed by atoms with E-state index in [9.17, 15) is 4.79 Å². The molecule has 0 aliphatic carbocycles. The van der Waals surface area contributed by atoms with Gasteiger partial charge in [-0.2, -0.15) is 0 Å². The first-order valence-corrected chi connectivity index (χ1v) is 8.10. The van der Waals surface area contributed by atoms with Gasteiger partial charge in [0.2, 0.25) is 0 Å². The highest BCUT2D eigenvalue weighted by molar-refractivity contribution is 7.08. The van der Waals surface area contributed by atoms with Crippen LogP contribution in [0.25, 0.3) is 0 Å². The van der Waals surface area contributed by atoms with Crippen molar-refractivity contribution in [3.05, 3.63) is 10.6 Å². The third kappa shape index (κ3) is 3.45. The van der Waals surface area contributed by atoms with E-state index in [1.807, 2.05) is 11.8 Å². The second-order valence-electron chi connectivity index (χ2n) is 5.11. The molecular formula is C13H20ClN3OS. The summed E-state index contributed by atoms with van der Waals surface area (Å²) in [4.78, 5) is 15.3. The maximum atomic E-state index is 12.6. The lowest BCUT2D eigenvalue weighted by Gasteiger charge is -2.25. The molecule has 6 heteroatoms. The number of amides is 1. The van der Waals surface area contributed by atoms with Crippen LogP contribution < -0.4 is 0 Å². The molecule has 0 N–H and O–H groups in total. The van der Waals surface area contributed by atoms with Crippen LogP contribution in [0.15, 0.2) is 0 Å². The van der Waals surface area contributed by atoms with Crippen molar-refractivity contribution in [1.29, 1.82) is 0 Å². The molecule has 0 spiro atoms. The lowest BCUT2D eigenvalue weighted by atomic mass is 10.1. The number of nitrogens with zero attached hydrogens (tertiary/aromatic N) is 3. The van der Waals surface area contributed by atoms with E-state index in [-0.39, 0.29) is 17.3 Å². The van der Waals surface area contributed by atoms with Crippen LogP contribution in [0.2, 0.25) is 0 Å². The van der Waals surface area contributed by atoms with E-state index in [0.29, 0.717) is 0 Å². The average molecular weight is 302 g/mol. The van der Waals surface area contributed by atoms with Gasteiger partial charge in [0.1, 0.15) is 4.88 Å². The molecule has 1 fully saturated rings. The fraction of sp³-hybridized carbons (Fsp3) is 0.769. The summed E-state index contributed by atoms with van der Waals surface area (Å²) in [7, 11) is 0. The van der Waals surface area contributed by atoms with Crippen LogP contribution in [0.1, 0.15) is 54.9 Å². The van der Waals surface area contributed by atoms with Crippen LogP contribution in [0.5, 0.6) is 0 Å². The Hall–Kier alpha value is -0.680. The van der Waals surface area contributed by atoms with Crippen molar-refractivity contribution in [2.45, 2.75) is 57.4 Å². The highest BCUT2D eigenvalue weighted by Crippen LogP contribution is 2.26. The largest absolute Gasteiger partial charge is 0.335 e. The van der Waals surface area contributed by atoms with Crippen LogP contribution >= 0.6 is 23.1 Å². The molecule has 1 saturated heterocycles. The number of likely N-dealkylation sites (tertiary alicyclic amines) is 1. The van der Waals surface area contributed by atoms with Crippen molar-refractivity contribution in [2.24, 2.45) is 0 Å². The van der Waals surface area contributed by atoms with Gasteiger partial charge in [-0.15, -0.1) is 16.7 Å². The smallest absolute Gasteiger partial charge is 0.267 e. The topological polar surface area (TPSA) is 46.1 Å². The van der Waals surface area contributed by atoms with Gasteiger partial charge in [0.25, 0.3) is 5.91 Å². The number of carbonyl (C=O) groups excluding carboxylic acids is 1. The van der Waals surface area contributed by atoms with Gasteiger partial charge in [-0.05, 0) is 44.1 Å².